The number of benzene rings is 1. The molecule has 29 heavy (non-hydrogen) atoms. The first kappa shape index (κ1) is 23.0. The number of nitrogens with zero attached hydrogens (tertiary/aromatic N) is 1. The summed E-state index contributed by atoms with van der Waals surface area (Å²) in [4.78, 5) is 1.97. The number of likely N-dealkylation sites (tertiary alicyclic amines) is 1. The van der Waals surface area contributed by atoms with Crippen LogP contribution < -0.4 is 11.1 Å². The van der Waals surface area contributed by atoms with Gasteiger partial charge in [0.1, 0.15) is 5.84 Å². The molecule has 0 radical (unpaired) electrons. The van der Waals surface area contributed by atoms with Crippen molar-refractivity contribution >= 4 is 16.0 Å². The summed E-state index contributed by atoms with van der Waals surface area (Å²) in [6, 6.07) is 10.3. The SMILES string of the molecule is C=C(N)NC=CC(=N)N1CCCC(CCCc2ccccc2)(COS(C)(=O)=O)C1. The fourth-order valence-corrected chi connectivity index (χ4v) is 4.15. The van der Waals surface area contributed by atoms with Crippen molar-refractivity contribution in [2.45, 2.75) is 32.1 Å². The lowest BCUT2D eigenvalue weighted by molar-refractivity contribution is 0.0653. The van der Waals surface area contributed by atoms with E-state index in [0.717, 1.165) is 44.9 Å². The van der Waals surface area contributed by atoms with Crippen LogP contribution in [0.2, 0.25) is 0 Å². The minimum atomic E-state index is -3.52. The van der Waals surface area contributed by atoms with Crippen molar-refractivity contribution in [2.75, 3.05) is 26.0 Å². The summed E-state index contributed by atoms with van der Waals surface area (Å²) in [5.74, 6) is 0.662. The Bertz CT molecular complexity index is 824. The molecule has 0 saturated carbocycles. The topological polar surface area (TPSA) is 109 Å². The zero-order valence-corrected chi connectivity index (χ0v) is 17.9. The number of amidine groups is 1. The van der Waals surface area contributed by atoms with Gasteiger partial charge in [-0.3, -0.25) is 9.59 Å². The predicted molar refractivity (Wildman–Crippen MR) is 117 cm³/mol. The highest BCUT2D eigenvalue weighted by atomic mass is 32.2. The van der Waals surface area contributed by atoms with Crippen molar-refractivity contribution in [1.82, 2.24) is 10.2 Å². The van der Waals surface area contributed by atoms with Crippen LogP contribution in [0.25, 0.3) is 0 Å². The summed E-state index contributed by atoms with van der Waals surface area (Å²) >= 11 is 0. The lowest BCUT2D eigenvalue weighted by atomic mass is 9.76. The Balaban J connectivity index is 2.05. The third kappa shape index (κ3) is 8.29. The molecule has 1 fully saturated rings. The van der Waals surface area contributed by atoms with E-state index in [4.69, 9.17) is 15.3 Å². The third-order valence-electron chi connectivity index (χ3n) is 5.11. The quantitative estimate of drug-likeness (QED) is 0.305. The molecule has 0 aliphatic carbocycles. The summed E-state index contributed by atoms with van der Waals surface area (Å²) in [5, 5.41) is 11.1. The molecule has 8 heteroatoms. The first-order chi connectivity index (χ1) is 13.7. The third-order valence-corrected chi connectivity index (χ3v) is 5.65. The number of hydrogen-bond donors (Lipinski definition) is 3. The van der Waals surface area contributed by atoms with Crippen molar-refractivity contribution in [2.24, 2.45) is 11.1 Å². The second kappa shape index (κ2) is 10.5. The average Bonchev–Trinajstić information content (AvgIpc) is 2.67. The number of hydrogen-bond acceptors (Lipinski definition) is 6. The second-order valence-corrected chi connectivity index (χ2v) is 9.36. The maximum Gasteiger partial charge on any atom is 0.264 e. The number of aryl methyl sites for hydroxylation is 1. The first-order valence-corrected chi connectivity index (χ1v) is 11.6. The molecule has 7 nitrogen and oxygen atoms in total. The standard InChI is InChI=1S/C21H32N4O3S/c1-18(22)24-14-11-20(23)25-15-7-13-21(16-25,17-28-29(2,26)27)12-6-10-19-8-4-3-5-9-19/h3-5,8-9,11,14,23-24H,1,6-7,10,12-13,15-17,22H2,2H3. The van der Waals surface area contributed by atoms with E-state index in [-0.39, 0.29) is 12.0 Å². The van der Waals surface area contributed by atoms with Gasteiger partial charge in [0.15, 0.2) is 0 Å². The predicted octanol–water partition coefficient (Wildman–Crippen LogP) is 2.58. The van der Waals surface area contributed by atoms with Gasteiger partial charge in [0, 0.05) is 24.7 Å². The van der Waals surface area contributed by atoms with Crippen LogP contribution in [0.4, 0.5) is 0 Å². The normalized spacial score (nSPS) is 20.0. The molecule has 2 rings (SSSR count). The Labute approximate surface area is 174 Å². The van der Waals surface area contributed by atoms with Crippen LogP contribution >= 0.6 is 0 Å². The first-order valence-electron chi connectivity index (χ1n) is 9.78. The molecule has 1 atom stereocenters. The Kier molecular flexibility index (Phi) is 8.28. The molecule has 1 saturated heterocycles. The number of piperidine rings is 1. The molecular weight excluding hydrogens is 388 g/mol. The molecule has 1 aromatic rings. The molecule has 0 aromatic heterocycles. The van der Waals surface area contributed by atoms with Crippen molar-refractivity contribution in [3.05, 3.63) is 60.6 Å². The highest BCUT2D eigenvalue weighted by Gasteiger charge is 2.37. The lowest BCUT2D eigenvalue weighted by Gasteiger charge is -2.43. The summed E-state index contributed by atoms with van der Waals surface area (Å²) in [6.07, 6.45) is 8.77. The van der Waals surface area contributed by atoms with Crippen LogP contribution in [0.5, 0.6) is 0 Å². The number of nitrogens with one attached hydrogen (secondary N) is 2. The van der Waals surface area contributed by atoms with Crippen LogP contribution in [0.1, 0.15) is 31.2 Å². The monoisotopic (exact) mass is 420 g/mol. The molecule has 1 aliphatic heterocycles. The fraction of sp³-hybridized carbons (Fsp3) is 0.476. The average molecular weight is 421 g/mol. The van der Waals surface area contributed by atoms with Gasteiger partial charge in [0.25, 0.3) is 10.1 Å². The Morgan fingerprint density at radius 3 is 2.79 bits per heavy atom. The summed E-state index contributed by atoms with van der Waals surface area (Å²) in [6.45, 7) is 5.04. The smallest absolute Gasteiger partial charge is 0.264 e. The van der Waals surface area contributed by atoms with Gasteiger partial charge in [-0.05, 0) is 43.7 Å². The van der Waals surface area contributed by atoms with E-state index in [9.17, 15) is 8.42 Å². The lowest BCUT2D eigenvalue weighted by Crippen LogP contribution is -2.48. The van der Waals surface area contributed by atoms with E-state index in [2.05, 4.69) is 24.0 Å². The molecule has 160 valence electrons. The van der Waals surface area contributed by atoms with E-state index in [1.54, 1.807) is 12.3 Å². The summed E-state index contributed by atoms with van der Waals surface area (Å²) in [7, 11) is -3.52. The molecule has 4 N–H and O–H groups in total. The summed E-state index contributed by atoms with van der Waals surface area (Å²) in [5.41, 5.74) is 6.43. The van der Waals surface area contributed by atoms with E-state index in [1.807, 2.05) is 23.1 Å². The highest BCUT2D eigenvalue weighted by Crippen LogP contribution is 2.36. The molecule has 1 aliphatic rings. The zero-order valence-electron chi connectivity index (χ0n) is 17.1. The highest BCUT2D eigenvalue weighted by molar-refractivity contribution is 7.85. The molecule has 1 heterocycles. The second-order valence-electron chi connectivity index (χ2n) is 7.72. The van der Waals surface area contributed by atoms with E-state index in [1.165, 1.54) is 5.56 Å². The van der Waals surface area contributed by atoms with E-state index < -0.39 is 10.1 Å². The molecule has 1 unspecified atom stereocenters. The van der Waals surface area contributed by atoms with Crippen molar-refractivity contribution < 1.29 is 12.6 Å². The number of rotatable bonds is 10. The maximum absolute atomic E-state index is 11.6. The largest absolute Gasteiger partial charge is 0.386 e. The minimum absolute atomic E-state index is 0.145. The van der Waals surface area contributed by atoms with E-state index in [0.29, 0.717) is 18.2 Å². The van der Waals surface area contributed by atoms with Crippen LogP contribution in [0.15, 0.2) is 55.0 Å². The van der Waals surface area contributed by atoms with Gasteiger partial charge in [-0.15, -0.1) is 0 Å². The van der Waals surface area contributed by atoms with Gasteiger partial charge in [-0.25, -0.2) is 0 Å². The van der Waals surface area contributed by atoms with Gasteiger partial charge in [-0.2, -0.15) is 8.42 Å². The maximum atomic E-state index is 11.6. The molecular formula is C21H32N4O3S. The molecule has 0 bridgehead atoms. The fourth-order valence-electron chi connectivity index (χ4n) is 3.68. The van der Waals surface area contributed by atoms with Gasteiger partial charge in [0.2, 0.25) is 0 Å². The van der Waals surface area contributed by atoms with Gasteiger partial charge < -0.3 is 16.0 Å². The van der Waals surface area contributed by atoms with Crippen molar-refractivity contribution in [3.63, 3.8) is 0 Å². The van der Waals surface area contributed by atoms with E-state index >= 15 is 0 Å². The molecule has 0 spiro atoms. The van der Waals surface area contributed by atoms with Crippen molar-refractivity contribution in [3.8, 4) is 0 Å². The summed E-state index contributed by atoms with van der Waals surface area (Å²) < 4.78 is 28.5. The van der Waals surface area contributed by atoms with Crippen LogP contribution in [-0.2, 0) is 20.7 Å². The Morgan fingerprint density at radius 2 is 2.14 bits per heavy atom. The molecule has 0 amide bonds. The number of nitrogens with two attached hydrogens (primary N) is 1. The Morgan fingerprint density at radius 1 is 1.41 bits per heavy atom. The van der Waals surface area contributed by atoms with Gasteiger partial charge in [0.05, 0.1) is 18.7 Å². The van der Waals surface area contributed by atoms with Gasteiger partial charge >= 0.3 is 0 Å². The zero-order chi connectivity index (χ0) is 21.3. The minimum Gasteiger partial charge on any atom is -0.386 e. The van der Waals surface area contributed by atoms with Crippen LogP contribution in [0.3, 0.4) is 0 Å². The molecule has 1 aromatic carbocycles. The van der Waals surface area contributed by atoms with Gasteiger partial charge in [-0.1, -0.05) is 36.9 Å². The van der Waals surface area contributed by atoms with Crippen molar-refractivity contribution in [1.29, 1.82) is 5.41 Å². The Hall–Kier alpha value is -2.32. The van der Waals surface area contributed by atoms with Crippen LogP contribution in [-0.4, -0.2) is 45.1 Å². The van der Waals surface area contributed by atoms with Crippen LogP contribution in [0, 0.1) is 10.8 Å².